The number of nitrogens with zero attached hydrogens (tertiary/aromatic N) is 2. The molecule has 1 fully saturated rings. The summed E-state index contributed by atoms with van der Waals surface area (Å²) in [6.45, 7) is 0.255. The Hall–Kier alpha value is -1.14. The molecule has 1 aromatic heterocycles. The first-order valence-corrected chi connectivity index (χ1v) is 5.10. The summed E-state index contributed by atoms with van der Waals surface area (Å²) in [4.78, 5) is 27.4. The predicted molar refractivity (Wildman–Crippen MR) is 51.1 cm³/mol. The minimum atomic E-state index is -0.376. The molecule has 2 heterocycles. The maximum absolute atomic E-state index is 11.2. The number of urea groups is 1. The van der Waals surface area contributed by atoms with E-state index in [1.807, 2.05) is 0 Å². The Morgan fingerprint density at radius 2 is 2.43 bits per heavy atom. The van der Waals surface area contributed by atoms with Crippen molar-refractivity contribution in [3.05, 3.63) is 15.5 Å². The molecule has 0 radical (unpaired) electrons. The van der Waals surface area contributed by atoms with Crippen molar-refractivity contribution >= 4 is 34.9 Å². The summed E-state index contributed by atoms with van der Waals surface area (Å²) in [5.74, 6) is -0.237. The summed E-state index contributed by atoms with van der Waals surface area (Å²) in [6.07, 6.45) is 0. The minimum Gasteiger partial charge on any atom is -0.329 e. The van der Waals surface area contributed by atoms with Crippen LogP contribution in [0.25, 0.3) is 0 Å². The van der Waals surface area contributed by atoms with Gasteiger partial charge in [-0.05, 0) is 0 Å². The number of hydrogen-bond donors (Lipinski definition) is 1. The lowest BCUT2D eigenvalue weighted by molar-refractivity contribution is -0.125. The fourth-order valence-corrected chi connectivity index (χ4v) is 1.90. The van der Waals surface area contributed by atoms with Crippen molar-refractivity contribution in [3.8, 4) is 0 Å². The predicted octanol–water partition coefficient (Wildman–Crippen LogP) is 0.848. The molecule has 0 unspecified atom stereocenters. The fourth-order valence-electron chi connectivity index (χ4n) is 1.13. The van der Waals surface area contributed by atoms with Crippen LogP contribution in [-0.4, -0.2) is 28.4 Å². The number of nitrogens with one attached hydrogen (secondary N) is 1. The van der Waals surface area contributed by atoms with Crippen LogP contribution in [0.3, 0.4) is 0 Å². The summed E-state index contributed by atoms with van der Waals surface area (Å²) < 4.78 is 0.409. The molecule has 7 heteroatoms. The molecule has 2 rings (SSSR count). The van der Waals surface area contributed by atoms with Crippen LogP contribution in [0.15, 0.2) is 5.38 Å². The first-order valence-electron chi connectivity index (χ1n) is 3.85. The largest absolute Gasteiger partial charge is 0.329 e. The Labute approximate surface area is 88.7 Å². The van der Waals surface area contributed by atoms with Gasteiger partial charge in [-0.15, -0.1) is 11.3 Å². The molecule has 3 amide bonds. The summed E-state index contributed by atoms with van der Waals surface area (Å²) in [7, 11) is 0. The van der Waals surface area contributed by atoms with E-state index >= 15 is 0 Å². The number of thiazole rings is 1. The fraction of sp³-hybridized carbons (Fsp3) is 0.286. The van der Waals surface area contributed by atoms with Crippen molar-refractivity contribution in [3.63, 3.8) is 0 Å². The van der Waals surface area contributed by atoms with Gasteiger partial charge in [-0.1, -0.05) is 11.6 Å². The number of imide groups is 1. The Morgan fingerprint density at radius 3 is 2.93 bits per heavy atom. The van der Waals surface area contributed by atoms with Gasteiger partial charge in [0.15, 0.2) is 4.47 Å². The molecule has 0 aliphatic carbocycles. The van der Waals surface area contributed by atoms with Gasteiger partial charge >= 0.3 is 6.03 Å². The third kappa shape index (κ3) is 1.71. The molecule has 1 N–H and O–H groups in total. The summed E-state index contributed by atoms with van der Waals surface area (Å²) in [5.41, 5.74) is 0.630. The number of halogens is 1. The molecule has 1 aliphatic rings. The Kier molecular flexibility index (Phi) is 2.39. The molecule has 5 nitrogen and oxygen atoms in total. The standard InChI is InChI=1S/C7H6ClN3O2S/c8-6-10-4(3-14-6)2-11-5(12)1-9-7(11)13/h3H,1-2H2,(H,9,13). The molecular formula is C7H6ClN3O2S. The van der Waals surface area contributed by atoms with E-state index in [0.29, 0.717) is 10.2 Å². The zero-order chi connectivity index (χ0) is 10.1. The molecule has 0 aromatic carbocycles. The van der Waals surface area contributed by atoms with Crippen LogP contribution in [0.5, 0.6) is 0 Å². The minimum absolute atomic E-state index is 0.0662. The number of amides is 3. The van der Waals surface area contributed by atoms with Crippen LogP contribution in [-0.2, 0) is 11.3 Å². The van der Waals surface area contributed by atoms with Gasteiger partial charge in [0.1, 0.15) is 0 Å². The number of carbonyl (C=O) groups is 2. The third-order valence-corrected chi connectivity index (χ3v) is 2.81. The highest BCUT2D eigenvalue weighted by atomic mass is 35.5. The van der Waals surface area contributed by atoms with Crippen molar-refractivity contribution in [2.45, 2.75) is 6.54 Å². The van der Waals surface area contributed by atoms with Gasteiger partial charge in [-0.3, -0.25) is 9.69 Å². The lowest BCUT2D eigenvalue weighted by Crippen LogP contribution is -2.30. The first kappa shape index (κ1) is 9.42. The molecule has 0 spiro atoms. The normalized spacial score (nSPS) is 16.2. The van der Waals surface area contributed by atoms with Crippen LogP contribution in [0.2, 0.25) is 4.47 Å². The Morgan fingerprint density at radius 1 is 1.64 bits per heavy atom. The third-order valence-electron chi connectivity index (χ3n) is 1.78. The van der Waals surface area contributed by atoms with Gasteiger partial charge in [-0.25, -0.2) is 9.78 Å². The van der Waals surface area contributed by atoms with Gasteiger partial charge < -0.3 is 5.32 Å². The van der Waals surface area contributed by atoms with Crippen LogP contribution in [0.4, 0.5) is 4.79 Å². The van der Waals surface area contributed by atoms with Crippen LogP contribution in [0, 0.1) is 0 Å². The van der Waals surface area contributed by atoms with E-state index < -0.39 is 0 Å². The van der Waals surface area contributed by atoms with E-state index in [9.17, 15) is 9.59 Å². The molecule has 1 aromatic rings. The highest BCUT2D eigenvalue weighted by Crippen LogP contribution is 2.17. The molecule has 0 atom stereocenters. The lowest BCUT2D eigenvalue weighted by Gasteiger charge is -2.09. The zero-order valence-electron chi connectivity index (χ0n) is 6.99. The SMILES string of the molecule is O=C1CNC(=O)N1Cc1csc(Cl)n1. The average molecular weight is 232 g/mol. The average Bonchev–Trinajstić information content (AvgIpc) is 2.67. The van der Waals surface area contributed by atoms with Gasteiger partial charge in [0.2, 0.25) is 5.91 Å². The quantitative estimate of drug-likeness (QED) is 0.768. The number of hydrogen-bond acceptors (Lipinski definition) is 4. The van der Waals surface area contributed by atoms with Gasteiger partial charge in [0, 0.05) is 5.38 Å². The van der Waals surface area contributed by atoms with E-state index in [1.54, 1.807) is 5.38 Å². The molecular weight excluding hydrogens is 226 g/mol. The van der Waals surface area contributed by atoms with Crippen molar-refractivity contribution in [1.29, 1.82) is 0 Å². The van der Waals surface area contributed by atoms with Gasteiger partial charge in [-0.2, -0.15) is 0 Å². The second-order valence-corrected chi connectivity index (χ2v) is 4.17. The summed E-state index contributed by atoms with van der Waals surface area (Å²) in [5, 5.41) is 4.15. The smallest absolute Gasteiger partial charge is 0.324 e. The molecule has 1 aliphatic heterocycles. The van der Waals surface area contributed by atoms with Crippen LogP contribution >= 0.6 is 22.9 Å². The molecule has 74 valence electrons. The number of rotatable bonds is 2. The molecule has 0 bridgehead atoms. The highest BCUT2D eigenvalue weighted by Gasteiger charge is 2.28. The zero-order valence-corrected chi connectivity index (χ0v) is 8.56. The van der Waals surface area contributed by atoms with Crippen molar-refractivity contribution in [2.75, 3.05) is 6.54 Å². The Bertz CT molecular complexity index is 376. The van der Waals surface area contributed by atoms with Crippen LogP contribution < -0.4 is 5.32 Å². The second-order valence-electron chi connectivity index (χ2n) is 2.73. The molecule has 0 saturated carbocycles. The van der Waals surface area contributed by atoms with Crippen molar-refractivity contribution < 1.29 is 9.59 Å². The van der Waals surface area contributed by atoms with Crippen molar-refractivity contribution in [2.24, 2.45) is 0 Å². The van der Waals surface area contributed by atoms with E-state index in [1.165, 1.54) is 11.3 Å². The van der Waals surface area contributed by atoms with E-state index in [4.69, 9.17) is 11.6 Å². The lowest BCUT2D eigenvalue weighted by atomic mass is 10.4. The van der Waals surface area contributed by atoms with E-state index in [-0.39, 0.29) is 25.0 Å². The van der Waals surface area contributed by atoms with E-state index in [0.717, 1.165) is 4.90 Å². The van der Waals surface area contributed by atoms with Gasteiger partial charge in [0.25, 0.3) is 0 Å². The van der Waals surface area contributed by atoms with Crippen LogP contribution in [0.1, 0.15) is 5.69 Å². The number of aromatic nitrogens is 1. The number of carbonyl (C=O) groups excluding carboxylic acids is 2. The maximum atomic E-state index is 11.2. The van der Waals surface area contributed by atoms with Gasteiger partial charge in [0.05, 0.1) is 18.8 Å². The monoisotopic (exact) mass is 231 g/mol. The maximum Gasteiger partial charge on any atom is 0.324 e. The topological polar surface area (TPSA) is 62.3 Å². The summed E-state index contributed by atoms with van der Waals surface area (Å²) in [6, 6.07) is -0.376. The molecule has 1 saturated heterocycles. The summed E-state index contributed by atoms with van der Waals surface area (Å²) >= 11 is 6.90. The Balaban J connectivity index is 2.10. The van der Waals surface area contributed by atoms with E-state index in [2.05, 4.69) is 10.3 Å². The second kappa shape index (κ2) is 3.55. The molecule has 14 heavy (non-hydrogen) atoms. The highest BCUT2D eigenvalue weighted by molar-refractivity contribution is 7.13. The first-order chi connectivity index (χ1) is 6.66. The van der Waals surface area contributed by atoms with Crippen molar-refractivity contribution in [1.82, 2.24) is 15.2 Å².